The molecule has 0 saturated heterocycles. The molecule has 1 aliphatic heterocycles. The maximum Gasteiger partial charge on any atom is 0.348 e. The Morgan fingerprint density at radius 1 is 1.17 bits per heavy atom. The average molecular weight is 410 g/mol. The Morgan fingerprint density at radius 3 is 2.69 bits per heavy atom. The van der Waals surface area contributed by atoms with E-state index in [1.807, 2.05) is 24.3 Å². The third kappa shape index (κ3) is 3.94. The number of anilines is 1. The number of rotatable bonds is 5. The molecular formula is C20H14N2O6S. The molecule has 4 rings (SSSR count). The molecule has 0 spiro atoms. The first kappa shape index (κ1) is 18.6. The topological polar surface area (TPSA) is 108 Å². The monoisotopic (exact) mass is 410 g/mol. The summed E-state index contributed by atoms with van der Waals surface area (Å²) < 4.78 is 10.8. The lowest BCUT2D eigenvalue weighted by atomic mass is 10.1. The lowest BCUT2D eigenvalue weighted by molar-refractivity contribution is -0.384. The number of nitrogens with zero attached hydrogens (tertiary/aromatic N) is 1. The first-order valence-electron chi connectivity index (χ1n) is 8.57. The number of hydrogen-bond donors (Lipinski definition) is 1. The lowest BCUT2D eigenvalue weighted by Crippen LogP contribution is -2.20. The van der Waals surface area contributed by atoms with Crippen LogP contribution in [0.2, 0.25) is 0 Å². The van der Waals surface area contributed by atoms with Gasteiger partial charge in [-0.3, -0.25) is 14.9 Å². The molecule has 0 radical (unpaired) electrons. The van der Waals surface area contributed by atoms with E-state index in [1.165, 1.54) is 35.6 Å². The largest absolute Gasteiger partial charge is 0.488 e. The molecule has 2 aromatic carbocycles. The average Bonchev–Trinajstić information content (AvgIpc) is 3.17. The van der Waals surface area contributed by atoms with Gasteiger partial charge < -0.3 is 14.8 Å². The molecule has 1 amide bonds. The third-order valence-electron chi connectivity index (χ3n) is 4.22. The maximum atomic E-state index is 12.3. The van der Waals surface area contributed by atoms with Crippen LogP contribution in [0.1, 0.15) is 15.2 Å². The van der Waals surface area contributed by atoms with Crippen molar-refractivity contribution in [3.63, 3.8) is 0 Å². The van der Waals surface area contributed by atoms with Crippen molar-refractivity contribution in [3.05, 3.63) is 75.2 Å². The Balaban J connectivity index is 1.37. The first-order valence-corrected chi connectivity index (χ1v) is 9.39. The molecule has 0 fully saturated rings. The molecule has 8 nitrogen and oxygen atoms in total. The molecule has 1 aliphatic rings. The fraction of sp³-hybridized carbons (Fsp3) is 0.100. The van der Waals surface area contributed by atoms with Gasteiger partial charge in [-0.25, -0.2) is 4.79 Å². The van der Waals surface area contributed by atoms with Crippen LogP contribution < -0.4 is 10.1 Å². The summed E-state index contributed by atoms with van der Waals surface area (Å²) in [6.07, 6.45) is 0. The van der Waals surface area contributed by atoms with E-state index in [1.54, 1.807) is 6.07 Å². The summed E-state index contributed by atoms with van der Waals surface area (Å²) in [4.78, 5) is 35.8. The number of nitro groups is 1. The smallest absolute Gasteiger partial charge is 0.348 e. The van der Waals surface area contributed by atoms with E-state index in [0.29, 0.717) is 17.2 Å². The summed E-state index contributed by atoms with van der Waals surface area (Å²) in [6.45, 7) is -0.0950. The van der Waals surface area contributed by atoms with Crippen molar-refractivity contribution in [1.82, 2.24) is 0 Å². The van der Waals surface area contributed by atoms with Gasteiger partial charge in [-0.05, 0) is 30.3 Å². The second-order valence-electron chi connectivity index (χ2n) is 6.18. The summed E-state index contributed by atoms with van der Waals surface area (Å²) in [7, 11) is 0. The van der Waals surface area contributed by atoms with Gasteiger partial charge in [0.2, 0.25) is 0 Å². The number of carbonyl (C=O) groups is 2. The van der Waals surface area contributed by atoms with Crippen LogP contribution in [0.5, 0.6) is 5.75 Å². The standard InChI is InChI=1S/C20H14N2O6S/c23-18(21-13-5-7-14(8-6-13)22(25)26)11-28-20(24)17-9-12-10-27-16-4-2-1-3-15(16)19(12)29-17/h1-9H,10-11H2,(H,21,23). The molecule has 2 heterocycles. The maximum absolute atomic E-state index is 12.3. The Labute approximate surface area is 168 Å². The molecule has 29 heavy (non-hydrogen) atoms. The van der Waals surface area contributed by atoms with Gasteiger partial charge in [0.15, 0.2) is 6.61 Å². The van der Waals surface area contributed by atoms with Crippen LogP contribution in [0.25, 0.3) is 10.4 Å². The number of fused-ring (bicyclic) bond motifs is 3. The molecule has 0 unspecified atom stereocenters. The van der Waals surface area contributed by atoms with Crippen LogP contribution in [0.4, 0.5) is 11.4 Å². The summed E-state index contributed by atoms with van der Waals surface area (Å²) in [6, 6.07) is 14.7. The van der Waals surface area contributed by atoms with Crippen LogP contribution in [-0.2, 0) is 16.1 Å². The lowest BCUT2D eigenvalue weighted by Gasteiger charge is -2.16. The SMILES string of the molecule is O=C(COC(=O)c1cc2c(s1)-c1ccccc1OC2)Nc1ccc([N+](=O)[O-])cc1. The van der Waals surface area contributed by atoms with Gasteiger partial charge in [0.05, 0.1) is 4.92 Å². The van der Waals surface area contributed by atoms with Gasteiger partial charge in [-0.1, -0.05) is 12.1 Å². The Kier molecular flexibility index (Phi) is 4.96. The van der Waals surface area contributed by atoms with Crippen molar-refractivity contribution in [2.24, 2.45) is 0 Å². The van der Waals surface area contributed by atoms with Crippen molar-refractivity contribution in [1.29, 1.82) is 0 Å². The predicted molar refractivity (Wildman–Crippen MR) is 106 cm³/mol. The summed E-state index contributed by atoms with van der Waals surface area (Å²) >= 11 is 1.30. The summed E-state index contributed by atoms with van der Waals surface area (Å²) in [5.41, 5.74) is 2.11. The number of thiophene rings is 1. The number of para-hydroxylation sites is 1. The molecule has 3 aromatic rings. The molecular weight excluding hydrogens is 396 g/mol. The van der Waals surface area contributed by atoms with Gasteiger partial charge in [0.1, 0.15) is 17.2 Å². The zero-order valence-electron chi connectivity index (χ0n) is 14.9. The van der Waals surface area contributed by atoms with E-state index in [2.05, 4.69) is 5.32 Å². The van der Waals surface area contributed by atoms with Crippen LogP contribution in [0, 0.1) is 10.1 Å². The molecule has 0 atom stereocenters. The number of nitro benzene ring substituents is 1. The van der Waals surface area contributed by atoms with Gasteiger partial charge >= 0.3 is 5.97 Å². The van der Waals surface area contributed by atoms with Crippen LogP contribution >= 0.6 is 11.3 Å². The van der Waals surface area contributed by atoms with Crippen molar-refractivity contribution < 1.29 is 24.0 Å². The van der Waals surface area contributed by atoms with E-state index in [4.69, 9.17) is 9.47 Å². The minimum atomic E-state index is -0.597. The highest BCUT2D eigenvalue weighted by atomic mass is 32.1. The molecule has 1 N–H and O–H groups in total. The van der Waals surface area contributed by atoms with E-state index in [9.17, 15) is 19.7 Å². The Bertz CT molecular complexity index is 1110. The minimum Gasteiger partial charge on any atom is -0.488 e. The minimum absolute atomic E-state index is 0.0818. The number of carbonyl (C=O) groups excluding carboxylic acids is 2. The fourth-order valence-corrected chi connectivity index (χ4v) is 3.96. The molecule has 0 saturated carbocycles. The van der Waals surface area contributed by atoms with E-state index in [0.717, 1.165) is 21.8 Å². The molecule has 9 heteroatoms. The van der Waals surface area contributed by atoms with Crippen LogP contribution in [0.15, 0.2) is 54.6 Å². The highest BCUT2D eigenvalue weighted by molar-refractivity contribution is 7.17. The van der Waals surface area contributed by atoms with Gasteiger partial charge in [-0.15, -0.1) is 11.3 Å². The fourth-order valence-electron chi connectivity index (χ4n) is 2.87. The summed E-state index contributed by atoms with van der Waals surface area (Å²) in [5.74, 6) is -0.368. The molecule has 0 aliphatic carbocycles. The van der Waals surface area contributed by atoms with Crippen molar-refractivity contribution in [2.45, 2.75) is 6.61 Å². The van der Waals surface area contributed by atoms with Crippen molar-refractivity contribution in [3.8, 4) is 16.2 Å². The van der Waals surface area contributed by atoms with Gasteiger partial charge in [0.25, 0.3) is 11.6 Å². The van der Waals surface area contributed by atoms with E-state index in [-0.39, 0.29) is 5.69 Å². The highest BCUT2D eigenvalue weighted by Gasteiger charge is 2.23. The predicted octanol–water partition coefficient (Wildman–Crippen LogP) is 4.01. The molecule has 0 bridgehead atoms. The molecule has 1 aromatic heterocycles. The van der Waals surface area contributed by atoms with Crippen LogP contribution in [-0.4, -0.2) is 23.4 Å². The Hall–Kier alpha value is -3.72. The van der Waals surface area contributed by atoms with E-state index < -0.39 is 23.4 Å². The summed E-state index contributed by atoms with van der Waals surface area (Å²) in [5, 5.41) is 13.2. The first-order chi connectivity index (χ1) is 14.0. The second kappa shape index (κ2) is 7.72. The quantitative estimate of drug-likeness (QED) is 0.387. The van der Waals surface area contributed by atoms with Gasteiger partial charge in [-0.2, -0.15) is 0 Å². The highest BCUT2D eigenvalue weighted by Crippen LogP contribution is 2.42. The van der Waals surface area contributed by atoms with Gasteiger partial charge in [0, 0.05) is 33.8 Å². The number of nitrogens with one attached hydrogen (secondary N) is 1. The number of non-ortho nitro benzene ring substituents is 1. The van der Waals surface area contributed by atoms with Crippen LogP contribution in [0.3, 0.4) is 0 Å². The van der Waals surface area contributed by atoms with Crippen molar-refractivity contribution >= 4 is 34.6 Å². The number of ether oxygens (including phenoxy) is 2. The zero-order valence-corrected chi connectivity index (χ0v) is 15.7. The number of hydrogen-bond acceptors (Lipinski definition) is 7. The third-order valence-corrected chi connectivity index (χ3v) is 5.41. The number of esters is 1. The molecule has 146 valence electrons. The number of amides is 1. The normalized spacial score (nSPS) is 11.6. The second-order valence-corrected chi connectivity index (χ2v) is 7.23. The zero-order chi connectivity index (χ0) is 20.4. The van der Waals surface area contributed by atoms with E-state index >= 15 is 0 Å². The number of benzene rings is 2. The van der Waals surface area contributed by atoms with Crippen molar-refractivity contribution in [2.75, 3.05) is 11.9 Å². The Morgan fingerprint density at radius 2 is 1.93 bits per heavy atom.